The van der Waals surface area contributed by atoms with E-state index in [4.69, 9.17) is 0 Å². The van der Waals surface area contributed by atoms with Crippen LogP contribution < -0.4 is 0 Å². The Balaban J connectivity index is 1.90. The maximum absolute atomic E-state index is 12.4. The van der Waals surface area contributed by atoms with E-state index < -0.39 is 6.10 Å². The van der Waals surface area contributed by atoms with Gasteiger partial charge in [-0.15, -0.1) is 0 Å². The summed E-state index contributed by atoms with van der Waals surface area (Å²) >= 11 is 0. The summed E-state index contributed by atoms with van der Waals surface area (Å²) in [6.45, 7) is 5.29. The van der Waals surface area contributed by atoms with Crippen LogP contribution in [0, 0.1) is 0 Å². The second kappa shape index (κ2) is 7.45. The molecule has 0 aliphatic heterocycles. The number of hydrogen-bond donors (Lipinski definition) is 1. The lowest BCUT2D eigenvalue weighted by Gasteiger charge is -2.19. The first-order valence-corrected chi connectivity index (χ1v) is 8.56. The summed E-state index contributed by atoms with van der Waals surface area (Å²) in [6.07, 6.45) is 0.945. The first-order chi connectivity index (χ1) is 12.2. The number of carbonyl (C=O) groups excluding carboxylic acids is 1. The van der Waals surface area contributed by atoms with Gasteiger partial charge in [0.15, 0.2) is 0 Å². The number of amides is 1. The summed E-state index contributed by atoms with van der Waals surface area (Å²) in [5, 5.41) is 11.8. The third-order valence-corrected chi connectivity index (χ3v) is 4.48. The van der Waals surface area contributed by atoms with Gasteiger partial charge in [0.05, 0.1) is 5.52 Å². The summed E-state index contributed by atoms with van der Waals surface area (Å²) in [5.41, 5.74) is 2.94. The number of rotatable bonds is 5. The van der Waals surface area contributed by atoms with E-state index in [0.29, 0.717) is 18.7 Å². The van der Waals surface area contributed by atoms with E-state index in [1.165, 1.54) is 0 Å². The van der Waals surface area contributed by atoms with E-state index in [-0.39, 0.29) is 5.91 Å². The van der Waals surface area contributed by atoms with Crippen molar-refractivity contribution in [3.8, 4) is 0 Å². The third-order valence-electron chi connectivity index (χ3n) is 4.48. The van der Waals surface area contributed by atoms with Crippen LogP contribution in [0.5, 0.6) is 0 Å². The number of benzene rings is 2. The highest BCUT2D eigenvalue weighted by molar-refractivity contribution is 5.94. The minimum Gasteiger partial charge on any atom is -0.384 e. The number of aliphatic hydroxyl groups excluding tert-OH is 1. The van der Waals surface area contributed by atoms with Crippen LogP contribution in [0.4, 0.5) is 0 Å². The topological polar surface area (TPSA) is 53.4 Å². The van der Waals surface area contributed by atoms with Gasteiger partial charge < -0.3 is 10.0 Å². The summed E-state index contributed by atoms with van der Waals surface area (Å²) < 4.78 is 0. The van der Waals surface area contributed by atoms with E-state index >= 15 is 0 Å². The summed E-state index contributed by atoms with van der Waals surface area (Å²) in [7, 11) is 0. The number of fused-ring (bicyclic) bond motifs is 1. The molecule has 0 saturated carbocycles. The van der Waals surface area contributed by atoms with E-state index in [1.54, 1.807) is 23.2 Å². The molecule has 0 aliphatic carbocycles. The molecular formula is C21H22N2O2. The maximum atomic E-state index is 12.4. The van der Waals surface area contributed by atoms with Gasteiger partial charge in [-0.1, -0.05) is 36.4 Å². The third kappa shape index (κ3) is 3.39. The molecule has 25 heavy (non-hydrogen) atoms. The van der Waals surface area contributed by atoms with Crippen LogP contribution in [0.1, 0.15) is 41.4 Å². The second-order valence-corrected chi connectivity index (χ2v) is 5.92. The van der Waals surface area contributed by atoms with Gasteiger partial charge in [-0.3, -0.25) is 9.78 Å². The molecule has 1 amide bonds. The highest BCUT2D eigenvalue weighted by Crippen LogP contribution is 2.27. The summed E-state index contributed by atoms with van der Waals surface area (Å²) in [6, 6.07) is 16.8. The summed E-state index contributed by atoms with van der Waals surface area (Å²) in [4.78, 5) is 18.6. The molecule has 0 aliphatic rings. The molecule has 0 saturated heterocycles. The van der Waals surface area contributed by atoms with Crippen molar-refractivity contribution < 1.29 is 9.90 Å². The summed E-state index contributed by atoms with van der Waals surface area (Å²) in [5.74, 6) is 0.0119. The standard InChI is InChI=1S/C21H22N2O2/c1-3-23(4-2)21(25)17-12-10-16(11-13-17)20(24)18-9-5-7-15-8-6-14-22-19(15)18/h5-14,20,24H,3-4H2,1-2H3. The maximum Gasteiger partial charge on any atom is 0.253 e. The van der Waals surface area contributed by atoms with Gasteiger partial charge in [-0.2, -0.15) is 0 Å². The van der Waals surface area contributed by atoms with Gasteiger partial charge >= 0.3 is 0 Å². The number of hydrogen-bond acceptors (Lipinski definition) is 3. The van der Waals surface area contributed by atoms with Crippen LogP contribution >= 0.6 is 0 Å². The molecule has 1 unspecified atom stereocenters. The number of para-hydroxylation sites is 1. The predicted octanol–water partition coefficient (Wildman–Crippen LogP) is 3.80. The van der Waals surface area contributed by atoms with Crippen molar-refractivity contribution in [1.82, 2.24) is 9.88 Å². The van der Waals surface area contributed by atoms with Crippen molar-refractivity contribution in [2.45, 2.75) is 20.0 Å². The Morgan fingerprint density at radius 3 is 2.40 bits per heavy atom. The molecule has 128 valence electrons. The lowest BCUT2D eigenvalue weighted by Crippen LogP contribution is -2.30. The molecular weight excluding hydrogens is 312 g/mol. The Kier molecular flexibility index (Phi) is 5.10. The number of aromatic nitrogens is 1. The fraction of sp³-hybridized carbons (Fsp3) is 0.238. The fourth-order valence-corrected chi connectivity index (χ4v) is 3.03. The molecule has 1 atom stereocenters. The molecule has 4 nitrogen and oxygen atoms in total. The van der Waals surface area contributed by atoms with Crippen LogP contribution in [0.15, 0.2) is 60.8 Å². The molecule has 2 aromatic carbocycles. The molecule has 1 N–H and O–H groups in total. The monoisotopic (exact) mass is 334 g/mol. The number of nitrogens with zero attached hydrogens (tertiary/aromatic N) is 2. The van der Waals surface area contributed by atoms with Gasteiger partial charge in [0.2, 0.25) is 0 Å². The van der Waals surface area contributed by atoms with Crippen molar-refractivity contribution in [2.24, 2.45) is 0 Å². The minimum atomic E-state index is -0.781. The second-order valence-electron chi connectivity index (χ2n) is 5.92. The average Bonchev–Trinajstić information content (AvgIpc) is 2.68. The first-order valence-electron chi connectivity index (χ1n) is 8.56. The van der Waals surface area contributed by atoms with Crippen LogP contribution in [-0.2, 0) is 0 Å². The first kappa shape index (κ1) is 17.1. The molecule has 1 aromatic heterocycles. The Morgan fingerprint density at radius 2 is 1.72 bits per heavy atom. The van der Waals surface area contributed by atoms with Crippen molar-refractivity contribution >= 4 is 16.8 Å². The predicted molar refractivity (Wildman–Crippen MR) is 99.5 cm³/mol. The lowest BCUT2D eigenvalue weighted by atomic mass is 9.98. The quantitative estimate of drug-likeness (QED) is 0.772. The Morgan fingerprint density at radius 1 is 1.04 bits per heavy atom. The van der Waals surface area contributed by atoms with Gasteiger partial charge in [0, 0.05) is 35.8 Å². The number of pyridine rings is 1. The number of carbonyl (C=O) groups is 1. The van der Waals surface area contributed by atoms with Crippen molar-refractivity contribution in [3.63, 3.8) is 0 Å². The Bertz CT molecular complexity index is 865. The molecule has 3 rings (SSSR count). The van der Waals surface area contributed by atoms with E-state index in [1.807, 2.05) is 56.3 Å². The smallest absolute Gasteiger partial charge is 0.253 e. The highest BCUT2D eigenvalue weighted by Gasteiger charge is 2.16. The van der Waals surface area contributed by atoms with Gasteiger partial charge in [0.1, 0.15) is 6.10 Å². The van der Waals surface area contributed by atoms with Gasteiger partial charge in [0.25, 0.3) is 5.91 Å². The molecule has 1 heterocycles. The van der Waals surface area contributed by atoms with Crippen molar-refractivity contribution in [2.75, 3.05) is 13.1 Å². The van der Waals surface area contributed by atoms with Crippen LogP contribution in [0.25, 0.3) is 10.9 Å². The normalized spacial score (nSPS) is 12.1. The zero-order valence-electron chi connectivity index (χ0n) is 14.5. The molecule has 0 radical (unpaired) electrons. The fourth-order valence-electron chi connectivity index (χ4n) is 3.03. The van der Waals surface area contributed by atoms with E-state index in [2.05, 4.69) is 4.98 Å². The SMILES string of the molecule is CCN(CC)C(=O)c1ccc(C(O)c2cccc3cccnc23)cc1. The molecule has 0 bridgehead atoms. The van der Waals surface area contributed by atoms with Crippen LogP contribution in [0.2, 0.25) is 0 Å². The largest absolute Gasteiger partial charge is 0.384 e. The Labute approximate surface area is 147 Å². The lowest BCUT2D eigenvalue weighted by molar-refractivity contribution is 0.0773. The van der Waals surface area contributed by atoms with Crippen molar-refractivity contribution in [3.05, 3.63) is 77.5 Å². The van der Waals surface area contributed by atoms with E-state index in [0.717, 1.165) is 22.0 Å². The highest BCUT2D eigenvalue weighted by atomic mass is 16.3. The molecule has 4 heteroatoms. The molecule has 0 fully saturated rings. The van der Waals surface area contributed by atoms with Crippen LogP contribution in [-0.4, -0.2) is 34.0 Å². The Hall–Kier alpha value is -2.72. The van der Waals surface area contributed by atoms with E-state index in [9.17, 15) is 9.90 Å². The van der Waals surface area contributed by atoms with Gasteiger partial charge in [-0.05, 0) is 37.6 Å². The van der Waals surface area contributed by atoms with Crippen molar-refractivity contribution in [1.29, 1.82) is 0 Å². The molecule has 3 aromatic rings. The minimum absolute atomic E-state index is 0.0119. The number of aliphatic hydroxyl groups is 1. The molecule has 0 spiro atoms. The average molecular weight is 334 g/mol. The van der Waals surface area contributed by atoms with Gasteiger partial charge in [-0.25, -0.2) is 0 Å². The zero-order valence-corrected chi connectivity index (χ0v) is 14.5. The zero-order chi connectivity index (χ0) is 17.8. The van der Waals surface area contributed by atoms with Crippen LogP contribution in [0.3, 0.4) is 0 Å².